The Hall–Kier alpha value is -2.58. The van der Waals surface area contributed by atoms with Gasteiger partial charge in [-0.2, -0.15) is 0 Å². The van der Waals surface area contributed by atoms with Gasteiger partial charge < -0.3 is 15.0 Å². The Balaban J connectivity index is 1.47. The molecule has 1 N–H and O–H groups in total. The van der Waals surface area contributed by atoms with Crippen LogP contribution in [0.3, 0.4) is 0 Å². The third kappa shape index (κ3) is 4.55. The first-order chi connectivity index (χ1) is 15.0. The minimum absolute atomic E-state index is 0.117. The molecular formula is C23H29N3O4S. The minimum atomic E-state index is -3.69. The van der Waals surface area contributed by atoms with E-state index in [9.17, 15) is 13.2 Å². The van der Waals surface area contributed by atoms with Gasteiger partial charge in [0.05, 0.1) is 29.3 Å². The number of benzene rings is 2. The predicted octanol–water partition coefficient (Wildman–Crippen LogP) is 4.08. The Kier molecular flexibility index (Phi) is 6.48. The Morgan fingerprint density at radius 2 is 1.81 bits per heavy atom. The molecule has 0 radical (unpaired) electrons. The average molecular weight is 444 g/mol. The summed E-state index contributed by atoms with van der Waals surface area (Å²) in [5.41, 5.74) is 1.20. The average Bonchev–Trinajstić information content (AvgIpc) is 2.80. The molecule has 0 spiro atoms. The molecule has 2 fully saturated rings. The number of hydrogen-bond acceptors (Lipinski definition) is 4. The lowest BCUT2D eigenvalue weighted by Gasteiger charge is -2.43. The second kappa shape index (κ2) is 9.28. The van der Waals surface area contributed by atoms with Crippen LogP contribution in [0.15, 0.2) is 59.5 Å². The van der Waals surface area contributed by atoms with E-state index < -0.39 is 10.0 Å². The lowest BCUT2D eigenvalue weighted by Crippen LogP contribution is -2.55. The number of rotatable bonds is 5. The molecule has 166 valence electrons. The van der Waals surface area contributed by atoms with Crippen LogP contribution in [0.1, 0.15) is 32.6 Å². The van der Waals surface area contributed by atoms with Crippen LogP contribution in [0, 0.1) is 0 Å². The van der Waals surface area contributed by atoms with Crippen LogP contribution in [0.2, 0.25) is 0 Å². The van der Waals surface area contributed by atoms with Crippen molar-refractivity contribution in [3.05, 3.63) is 54.6 Å². The van der Waals surface area contributed by atoms with Gasteiger partial charge in [0.2, 0.25) is 0 Å². The number of sulfonamides is 1. The van der Waals surface area contributed by atoms with Gasteiger partial charge in [-0.05, 0) is 56.2 Å². The number of morpholine rings is 1. The number of nitrogens with one attached hydrogen (secondary N) is 1. The number of hydrogen-bond donors (Lipinski definition) is 1. The molecule has 0 aromatic heterocycles. The van der Waals surface area contributed by atoms with Crippen molar-refractivity contribution in [2.75, 3.05) is 29.3 Å². The van der Waals surface area contributed by atoms with Gasteiger partial charge in [-0.25, -0.2) is 13.2 Å². The van der Waals surface area contributed by atoms with E-state index >= 15 is 0 Å². The summed E-state index contributed by atoms with van der Waals surface area (Å²) in [6.07, 6.45) is 4.33. The number of ether oxygens (including phenoxy) is 1. The largest absolute Gasteiger partial charge is 0.374 e. The minimum Gasteiger partial charge on any atom is -0.374 e. The van der Waals surface area contributed by atoms with Crippen LogP contribution in [-0.2, 0) is 14.8 Å². The summed E-state index contributed by atoms with van der Waals surface area (Å²) in [6.45, 7) is 3.25. The molecular weight excluding hydrogens is 414 g/mol. The number of carbonyl (C=O) groups excluding carboxylic acids is 1. The third-order valence-corrected chi connectivity index (χ3v) is 7.94. The Morgan fingerprint density at radius 3 is 2.52 bits per heavy atom. The fraction of sp³-hybridized carbons (Fsp3) is 0.435. The molecule has 0 unspecified atom stereocenters. The van der Waals surface area contributed by atoms with Crippen molar-refractivity contribution in [1.29, 1.82) is 0 Å². The van der Waals surface area contributed by atoms with Crippen LogP contribution in [0.25, 0.3) is 0 Å². The molecule has 2 amide bonds. The number of fused-ring (bicyclic) bond motifs is 1. The van der Waals surface area contributed by atoms with Crippen molar-refractivity contribution < 1.29 is 17.9 Å². The van der Waals surface area contributed by atoms with Gasteiger partial charge in [-0.1, -0.05) is 31.0 Å². The van der Waals surface area contributed by atoms with Crippen molar-refractivity contribution in [2.45, 2.75) is 49.6 Å². The first-order valence-electron chi connectivity index (χ1n) is 10.9. The fourth-order valence-electron chi connectivity index (χ4n) is 4.47. The van der Waals surface area contributed by atoms with Gasteiger partial charge >= 0.3 is 6.03 Å². The number of nitrogens with zero attached hydrogens (tertiary/aromatic N) is 2. The third-order valence-electron chi connectivity index (χ3n) is 6.02. The summed E-state index contributed by atoms with van der Waals surface area (Å²) in [5.74, 6) is 0. The quantitative estimate of drug-likeness (QED) is 0.755. The predicted molar refractivity (Wildman–Crippen MR) is 121 cm³/mol. The number of para-hydroxylation sites is 1. The van der Waals surface area contributed by atoms with Gasteiger partial charge in [-0.15, -0.1) is 0 Å². The van der Waals surface area contributed by atoms with Gasteiger partial charge in [0, 0.05) is 18.8 Å². The maximum atomic E-state index is 13.1. The zero-order valence-electron chi connectivity index (χ0n) is 17.7. The highest BCUT2D eigenvalue weighted by atomic mass is 32.2. The lowest BCUT2D eigenvalue weighted by atomic mass is 9.90. The normalized spacial score (nSPS) is 21.3. The molecule has 7 nitrogen and oxygen atoms in total. The van der Waals surface area contributed by atoms with Gasteiger partial charge in [0.15, 0.2) is 0 Å². The molecule has 1 aliphatic carbocycles. The summed E-state index contributed by atoms with van der Waals surface area (Å²) in [5, 5.41) is 2.92. The van der Waals surface area contributed by atoms with Gasteiger partial charge in [0.25, 0.3) is 10.0 Å². The molecule has 2 atom stereocenters. The number of anilines is 2. The highest BCUT2D eigenvalue weighted by Gasteiger charge is 2.36. The Morgan fingerprint density at radius 1 is 1.10 bits per heavy atom. The van der Waals surface area contributed by atoms with E-state index in [1.54, 1.807) is 43.3 Å². The molecule has 2 aliphatic rings. The van der Waals surface area contributed by atoms with Crippen molar-refractivity contribution in [2.24, 2.45) is 0 Å². The molecule has 1 aliphatic heterocycles. The second-order valence-corrected chi connectivity index (χ2v) is 9.78. The summed E-state index contributed by atoms with van der Waals surface area (Å²) >= 11 is 0. The SMILES string of the molecule is CCN(c1ccccc1)S(=O)(=O)c1ccc(NC(=O)N2CCO[C@@H]3CCCC[C@H]32)cc1. The van der Waals surface area contributed by atoms with E-state index in [0.29, 0.717) is 31.1 Å². The van der Waals surface area contributed by atoms with Crippen LogP contribution in [0.4, 0.5) is 16.2 Å². The maximum Gasteiger partial charge on any atom is 0.322 e. The molecule has 8 heteroatoms. The zero-order valence-corrected chi connectivity index (χ0v) is 18.6. The van der Waals surface area contributed by atoms with Crippen LogP contribution < -0.4 is 9.62 Å². The second-order valence-electron chi connectivity index (χ2n) is 7.91. The monoisotopic (exact) mass is 443 g/mol. The van der Waals surface area contributed by atoms with Crippen LogP contribution in [0.5, 0.6) is 0 Å². The van der Waals surface area contributed by atoms with E-state index in [4.69, 9.17) is 4.74 Å². The van der Waals surface area contributed by atoms with E-state index in [2.05, 4.69) is 5.32 Å². The highest BCUT2D eigenvalue weighted by molar-refractivity contribution is 7.92. The molecule has 0 bridgehead atoms. The number of carbonyl (C=O) groups is 1. The summed E-state index contributed by atoms with van der Waals surface area (Å²) in [7, 11) is -3.69. The molecule has 1 saturated carbocycles. The van der Waals surface area contributed by atoms with Crippen LogP contribution >= 0.6 is 0 Å². The van der Waals surface area contributed by atoms with E-state index in [-0.39, 0.29) is 23.1 Å². The molecule has 1 saturated heterocycles. The standard InChI is InChI=1S/C23H29N3O4S/c1-2-26(19-8-4-3-5-9-19)31(28,29)20-14-12-18(13-15-20)24-23(27)25-16-17-30-22-11-7-6-10-21(22)25/h3-5,8-9,12-15,21-22H,2,6-7,10-11,16-17H2,1H3,(H,24,27)/t21-,22-/m1/s1. The number of amides is 2. The van der Waals surface area contributed by atoms with Gasteiger partial charge in [0.1, 0.15) is 0 Å². The summed E-state index contributed by atoms with van der Waals surface area (Å²) in [6, 6.07) is 15.4. The van der Waals surface area contributed by atoms with Gasteiger partial charge in [-0.3, -0.25) is 4.31 Å². The maximum absolute atomic E-state index is 13.1. The van der Waals surface area contributed by atoms with E-state index in [1.165, 1.54) is 4.31 Å². The molecule has 31 heavy (non-hydrogen) atoms. The molecule has 4 rings (SSSR count). The van der Waals surface area contributed by atoms with Crippen molar-refractivity contribution in [1.82, 2.24) is 4.90 Å². The zero-order chi connectivity index (χ0) is 21.8. The fourth-order valence-corrected chi connectivity index (χ4v) is 5.94. The van der Waals surface area contributed by atoms with Crippen molar-refractivity contribution in [3.8, 4) is 0 Å². The lowest BCUT2D eigenvalue weighted by molar-refractivity contribution is -0.0694. The molecule has 2 aromatic carbocycles. The summed E-state index contributed by atoms with van der Waals surface area (Å²) in [4.78, 5) is 14.9. The first kappa shape index (κ1) is 21.6. The van der Waals surface area contributed by atoms with Crippen LogP contribution in [-0.4, -0.2) is 51.2 Å². The van der Waals surface area contributed by atoms with E-state index in [1.807, 2.05) is 23.1 Å². The Bertz CT molecular complexity index is 993. The first-order valence-corrected chi connectivity index (χ1v) is 12.3. The summed E-state index contributed by atoms with van der Waals surface area (Å²) < 4.78 is 33.5. The van der Waals surface area contributed by atoms with Crippen molar-refractivity contribution in [3.63, 3.8) is 0 Å². The Labute approximate surface area is 184 Å². The van der Waals surface area contributed by atoms with Crippen molar-refractivity contribution >= 4 is 27.4 Å². The molecule has 2 aromatic rings. The van der Waals surface area contributed by atoms with E-state index in [0.717, 1.165) is 25.7 Å². The topological polar surface area (TPSA) is 79.0 Å². The number of urea groups is 1. The molecule has 1 heterocycles. The highest BCUT2D eigenvalue weighted by Crippen LogP contribution is 2.29. The smallest absolute Gasteiger partial charge is 0.322 e.